The average molecular weight is 473 g/mol. The van der Waals surface area contributed by atoms with E-state index in [4.69, 9.17) is 4.42 Å². The molecule has 2 N–H and O–H groups in total. The van der Waals surface area contributed by atoms with Crippen LogP contribution in [0.1, 0.15) is 19.1 Å². The highest BCUT2D eigenvalue weighted by molar-refractivity contribution is 14.0. The van der Waals surface area contributed by atoms with Gasteiger partial charge in [-0.05, 0) is 37.6 Å². The standard InChI is InChI=1S/C18H24FN5O.HI/c1-2-20-18(22-10-7-15-5-4-12-25-15)23-14-8-11-24(13-14)17-16(19)6-3-9-21-17;/h3-6,9,12,14H,2,7-8,10-11,13H2,1H3,(H2,20,22,23);1H. The molecule has 6 nitrogen and oxygen atoms in total. The average Bonchev–Trinajstić information content (AvgIpc) is 3.27. The molecule has 1 saturated heterocycles. The van der Waals surface area contributed by atoms with Gasteiger partial charge >= 0.3 is 0 Å². The van der Waals surface area contributed by atoms with Crippen LogP contribution in [0.5, 0.6) is 0 Å². The summed E-state index contributed by atoms with van der Waals surface area (Å²) in [7, 11) is 0. The SMILES string of the molecule is CCNC(=NCCc1ccco1)NC1CCN(c2ncccc2F)C1.I. The van der Waals surface area contributed by atoms with Gasteiger partial charge in [-0.25, -0.2) is 9.37 Å². The van der Waals surface area contributed by atoms with Crippen molar-refractivity contribution in [3.8, 4) is 0 Å². The molecule has 26 heavy (non-hydrogen) atoms. The molecule has 0 spiro atoms. The number of rotatable bonds is 6. The fourth-order valence-electron chi connectivity index (χ4n) is 2.93. The molecule has 1 unspecified atom stereocenters. The Kier molecular flexibility index (Phi) is 8.14. The topological polar surface area (TPSA) is 65.7 Å². The van der Waals surface area contributed by atoms with E-state index in [2.05, 4.69) is 20.6 Å². The summed E-state index contributed by atoms with van der Waals surface area (Å²) in [6.45, 7) is 4.95. The molecular formula is C18H25FIN5O. The molecule has 0 saturated carbocycles. The Balaban J connectivity index is 0.00000243. The van der Waals surface area contributed by atoms with Gasteiger partial charge in [0, 0.05) is 44.8 Å². The molecule has 0 aliphatic carbocycles. The molecule has 3 heterocycles. The summed E-state index contributed by atoms with van der Waals surface area (Å²) in [6, 6.07) is 7.10. The van der Waals surface area contributed by atoms with Crippen LogP contribution in [0.4, 0.5) is 10.2 Å². The predicted molar refractivity (Wildman–Crippen MR) is 112 cm³/mol. The second kappa shape index (κ2) is 10.3. The Morgan fingerprint density at radius 1 is 1.42 bits per heavy atom. The van der Waals surface area contributed by atoms with Gasteiger partial charge in [0.15, 0.2) is 17.6 Å². The molecule has 0 bridgehead atoms. The van der Waals surface area contributed by atoms with Crippen molar-refractivity contribution < 1.29 is 8.81 Å². The van der Waals surface area contributed by atoms with Crippen LogP contribution < -0.4 is 15.5 Å². The van der Waals surface area contributed by atoms with Crippen molar-refractivity contribution in [2.24, 2.45) is 4.99 Å². The molecule has 2 aromatic heterocycles. The van der Waals surface area contributed by atoms with Crippen molar-refractivity contribution in [3.63, 3.8) is 0 Å². The minimum Gasteiger partial charge on any atom is -0.469 e. The molecule has 2 aromatic rings. The van der Waals surface area contributed by atoms with Crippen molar-refractivity contribution >= 4 is 35.8 Å². The first-order chi connectivity index (χ1) is 12.3. The molecular weight excluding hydrogens is 448 g/mol. The van der Waals surface area contributed by atoms with Crippen molar-refractivity contribution in [1.29, 1.82) is 0 Å². The largest absolute Gasteiger partial charge is 0.469 e. The number of halogens is 2. The van der Waals surface area contributed by atoms with Crippen molar-refractivity contribution in [2.75, 3.05) is 31.1 Å². The normalized spacial score (nSPS) is 17.1. The van der Waals surface area contributed by atoms with Gasteiger partial charge in [0.1, 0.15) is 5.76 Å². The highest BCUT2D eigenvalue weighted by Gasteiger charge is 2.25. The van der Waals surface area contributed by atoms with E-state index in [1.165, 1.54) is 6.07 Å². The number of pyridine rings is 1. The second-order valence-electron chi connectivity index (χ2n) is 5.97. The first kappa shape index (κ1) is 20.5. The molecule has 0 radical (unpaired) electrons. The van der Waals surface area contributed by atoms with Crippen molar-refractivity contribution in [1.82, 2.24) is 15.6 Å². The molecule has 142 valence electrons. The van der Waals surface area contributed by atoms with Gasteiger partial charge in [0.25, 0.3) is 0 Å². The summed E-state index contributed by atoms with van der Waals surface area (Å²) >= 11 is 0. The lowest BCUT2D eigenvalue weighted by molar-refractivity contribution is 0.510. The number of aliphatic imine (C=N–C) groups is 1. The second-order valence-corrected chi connectivity index (χ2v) is 5.97. The summed E-state index contributed by atoms with van der Waals surface area (Å²) in [5, 5.41) is 6.69. The number of anilines is 1. The van der Waals surface area contributed by atoms with Gasteiger partial charge in [0.05, 0.1) is 6.26 Å². The van der Waals surface area contributed by atoms with Crippen LogP contribution in [0.15, 0.2) is 46.1 Å². The number of guanidine groups is 1. The number of aromatic nitrogens is 1. The lowest BCUT2D eigenvalue weighted by Gasteiger charge is -2.19. The number of hydrogen-bond donors (Lipinski definition) is 2. The number of furan rings is 1. The Labute approximate surface area is 170 Å². The minimum atomic E-state index is -0.276. The molecule has 8 heteroatoms. The molecule has 1 atom stereocenters. The number of nitrogens with one attached hydrogen (secondary N) is 2. The third kappa shape index (κ3) is 5.58. The van der Waals surface area contributed by atoms with Crippen LogP contribution in [-0.4, -0.2) is 43.2 Å². The van der Waals surface area contributed by atoms with Crippen LogP contribution in [-0.2, 0) is 6.42 Å². The maximum Gasteiger partial charge on any atom is 0.191 e. The molecule has 0 aromatic carbocycles. The lowest BCUT2D eigenvalue weighted by Crippen LogP contribution is -2.44. The third-order valence-electron chi connectivity index (χ3n) is 4.12. The van der Waals surface area contributed by atoms with Crippen LogP contribution >= 0.6 is 24.0 Å². The Morgan fingerprint density at radius 3 is 3.04 bits per heavy atom. The van der Waals surface area contributed by atoms with E-state index < -0.39 is 0 Å². The van der Waals surface area contributed by atoms with E-state index in [0.29, 0.717) is 18.9 Å². The number of nitrogens with zero attached hydrogens (tertiary/aromatic N) is 3. The Morgan fingerprint density at radius 2 is 2.31 bits per heavy atom. The first-order valence-electron chi connectivity index (χ1n) is 8.69. The maximum absolute atomic E-state index is 13.9. The zero-order chi connectivity index (χ0) is 17.5. The van der Waals surface area contributed by atoms with E-state index in [0.717, 1.165) is 37.7 Å². The van der Waals surface area contributed by atoms with E-state index in [-0.39, 0.29) is 35.8 Å². The lowest BCUT2D eigenvalue weighted by atomic mass is 10.3. The Hall–Kier alpha value is -1.84. The zero-order valence-corrected chi connectivity index (χ0v) is 17.2. The smallest absolute Gasteiger partial charge is 0.191 e. The molecule has 0 amide bonds. The van der Waals surface area contributed by atoms with Gasteiger partial charge in [-0.15, -0.1) is 24.0 Å². The van der Waals surface area contributed by atoms with Gasteiger partial charge in [-0.2, -0.15) is 0 Å². The van der Waals surface area contributed by atoms with Gasteiger partial charge in [-0.3, -0.25) is 4.99 Å². The van der Waals surface area contributed by atoms with E-state index in [1.807, 2.05) is 24.0 Å². The third-order valence-corrected chi connectivity index (χ3v) is 4.12. The molecule has 3 rings (SSSR count). The van der Waals surface area contributed by atoms with E-state index in [9.17, 15) is 4.39 Å². The fourth-order valence-corrected chi connectivity index (χ4v) is 2.93. The summed E-state index contributed by atoms with van der Waals surface area (Å²) in [4.78, 5) is 10.7. The summed E-state index contributed by atoms with van der Waals surface area (Å²) in [5.41, 5.74) is 0. The maximum atomic E-state index is 13.9. The van der Waals surface area contributed by atoms with Crippen LogP contribution in [0.25, 0.3) is 0 Å². The number of hydrogen-bond acceptors (Lipinski definition) is 4. The van der Waals surface area contributed by atoms with Gasteiger partial charge < -0.3 is 20.0 Å². The molecule has 1 aliphatic rings. The summed E-state index contributed by atoms with van der Waals surface area (Å²) in [5.74, 6) is 1.85. The van der Waals surface area contributed by atoms with Crippen LogP contribution in [0.3, 0.4) is 0 Å². The first-order valence-corrected chi connectivity index (χ1v) is 8.69. The van der Waals surface area contributed by atoms with Gasteiger partial charge in [0.2, 0.25) is 0 Å². The van der Waals surface area contributed by atoms with Crippen LogP contribution in [0.2, 0.25) is 0 Å². The highest BCUT2D eigenvalue weighted by Crippen LogP contribution is 2.20. The molecule has 1 fully saturated rings. The highest BCUT2D eigenvalue weighted by atomic mass is 127. The predicted octanol–water partition coefficient (Wildman–Crippen LogP) is 2.81. The summed E-state index contributed by atoms with van der Waals surface area (Å²) in [6.07, 6.45) is 4.98. The fraction of sp³-hybridized carbons (Fsp3) is 0.444. The van der Waals surface area contributed by atoms with E-state index in [1.54, 1.807) is 18.5 Å². The monoisotopic (exact) mass is 473 g/mol. The summed E-state index contributed by atoms with van der Waals surface area (Å²) < 4.78 is 19.2. The minimum absolute atomic E-state index is 0. The Bertz CT molecular complexity index is 695. The van der Waals surface area contributed by atoms with Crippen LogP contribution in [0, 0.1) is 5.82 Å². The quantitative estimate of drug-likeness (QED) is 0.384. The zero-order valence-electron chi connectivity index (χ0n) is 14.8. The van der Waals surface area contributed by atoms with E-state index >= 15 is 0 Å². The van der Waals surface area contributed by atoms with Gasteiger partial charge in [-0.1, -0.05) is 0 Å². The van der Waals surface area contributed by atoms with Crippen molar-refractivity contribution in [3.05, 3.63) is 48.3 Å². The molecule has 1 aliphatic heterocycles. The van der Waals surface area contributed by atoms with Crippen molar-refractivity contribution in [2.45, 2.75) is 25.8 Å².